The Kier molecular flexibility index (Phi) is 4.55. The topological polar surface area (TPSA) is 3.88 Å². The van der Waals surface area contributed by atoms with Gasteiger partial charge in [-0.05, 0) is 72.8 Å². The predicted molar refractivity (Wildman–Crippen MR) is 116 cm³/mol. The molecular formula is C27H30N+. The van der Waals surface area contributed by atoms with Gasteiger partial charge in [0.15, 0.2) is 6.20 Å². The lowest BCUT2D eigenvalue weighted by atomic mass is 9.63. The third kappa shape index (κ3) is 3.17. The summed E-state index contributed by atoms with van der Waals surface area (Å²) in [6.45, 7) is 2.19. The molecule has 0 spiro atoms. The Bertz CT molecular complexity index is 995. The molecule has 3 aromatic rings. The summed E-state index contributed by atoms with van der Waals surface area (Å²) in [4.78, 5) is 0. The maximum Gasteiger partial charge on any atom is 0.212 e. The van der Waals surface area contributed by atoms with Crippen molar-refractivity contribution in [2.75, 3.05) is 0 Å². The van der Waals surface area contributed by atoms with Crippen molar-refractivity contribution in [3.63, 3.8) is 0 Å². The smallest absolute Gasteiger partial charge is 0.200 e. The summed E-state index contributed by atoms with van der Waals surface area (Å²) in [5.74, 6) is 2.68. The van der Waals surface area contributed by atoms with Crippen LogP contribution in [0.5, 0.6) is 0 Å². The number of hydrogen-bond donors (Lipinski definition) is 0. The van der Waals surface area contributed by atoms with Gasteiger partial charge in [-0.2, -0.15) is 0 Å². The Labute approximate surface area is 169 Å². The lowest BCUT2D eigenvalue weighted by Gasteiger charge is -2.42. The number of fused-ring (bicyclic) bond motifs is 3. The molecule has 142 valence electrons. The highest BCUT2D eigenvalue weighted by Crippen LogP contribution is 2.49. The van der Waals surface area contributed by atoms with Crippen LogP contribution in [0.3, 0.4) is 0 Å². The highest BCUT2D eigenvalue weighted by atomic mass is 14.9. The molecule has 3 fully saturated rings. The minimum atomic E-state index is 0.785. The van der Waals surface area contributed by atoms with E-state index >= 15 is 0 Å². The number of aromatic nitrogens is 1. The quantitative estimate of drug-likeness (QED) is 0.468. The SMILES string of the molecule is Cc1ccccc1-c1ccc(-c2cccc(C3CC4CCC3CC4)c2)c[n+]1C. The molecule has 6 rings (SSSR count). The maximum atomic E-state index is 2.47. The lowest BCUT2D eigenvalue weighted by Crippen LogP contribution is -2.31. The van der Waals surface area contributed by atoms with Gasteiger partial charge in [-0.15, -0.1) is 0 Å². The summed E-state index contributed by atoms with van der Waals surface area (Å²) in [6.07, 6.45) is 9.52. The van der Waals surface area contributed by atoms with Gasteiger partial charge in [0.25, 0.3) is 0 Å². The van der Waals surface area contributed by atoms with Crippen molar-refractivity contribution in [1.29, 1.82) is 0 Å². The molecule has 0 amide bonds. The van der Waals surface area contributed by atoms with E-state index in [-0.39, 0.29) is 0 Å². The molecule has 28 heavy (non-hydrogen) atoms. The fourth-order valence-corrected chi connectivity index (χ4v) is 5.65. The second-order valence-corrected chi connectivity index (χ2v) is 8.98. The fourth-order valence-electron chi connectivity index (χ4n) is 5.65. The van der Waals surface area contributed by atoms with Gasteiger partial charge in [0.2, 0.25) is 5.69 Å². The van der Waals surface area contributed by atoms with Crippen LogP contribution in [-0.2, 0) is 7.05 Å². The van der Waals surface area contributed by atoms with Gasteiger partial charge in [-0.3, -0.25) is 0 Å². The number of benzene rings is 2. The Balaban J connectivity index is 1.47. The number of aryl methyl sites for hydroxylation is 2. The molecular weight excluding hydrogens is 338 g/mol. The number of hydrogen-bond acceptors (Lipinski definition) is 0. The van der Waals surface area contributed by atoms with Crippen LogP contribution < -0.4 is 4.57 Å². The molecule has 1 aromatic heterocycles. The minimum Gasteiger partial charge on any atom is -0.200 e. The molecule has 1 heteroatoms. The number of pyridine rings is 1. The zero-order valence-electron chi connectivity index (χ0n) is 17.1. The summed E-state index contributed by atoms with van der Waals surface area (Å²) in [5.41, 5.74) is 8.12. The molecule has 1 nitrogen and oxygen atoms in total. The molecule has 1 heterocycles. The number of rotatable bonds is 3. The molecule has 1 atom stereocenters. The van der Waals surface area contributed by atoms with Crippen LogP contribution >= 0.6 is 0 Å². The van der Waals surface area contributed by atoms with Crippen LogP contribution in [0.25, 0.3) is 22.4 Å². The van der Waals surface area contributed by atoms with Crippen molar-refractivity contribution in [3.8, 4) is 22.4 Å². The zero-order chi connectivity index (χ0) is 19.1. The Morgan fingerprint density at radius 1 is 0.821 bits per heavy atom. The summed E-state index contributed by atoms with van der Waals surface area (Å²) < 4.78 is 2.27. The van der Waals surface area contributed by atoms with E-state index in [0.29, 0.717) is 0 Å². The zero-order valence-corrected chi connectivity index (χ0v) is 17.1. The first kappa shape index (κ1) is 17.7. The van der Waals surface area contributed by atoms with E-state index in [1.165, 1.54) is 60.1 Å². The van der Waals surface area contributed by atoms with Gasteiger partial charge >= 0.3 is 0 Å². The van der Waals surface area contributed by atoms with Crippen LogP contribution in [0.2, 0.25) is 0 Å². The monoisotopic (exact) mass is 368 g/mol. The molecule has 2 aromatic carbocycles. The van der Waals surface area contributed by atoms with E-state index in [0.717, 1.165) is 17.8 Å². The molecule has 3 aliphatic carbocycles. The van der Waals surface area contributed by atoms with E-state index in [2.05, 4.69) is 85.4 Å². The first-order chi connectivity index (χ1) is 13.7. The third-order valence-corrected chi connectivity index (χ3v) is 7.25. The van der Waals surface area contributed by atoms with Gasteiger partial charge in [-0.25, -0.2) is 4.57 Å². The minimum absolute atomic E-state index is 0.785. The Hall–Kier alpha value is -2.41. The highest BCUT2D eigenvalue weighted by molar-refractivity contribution is 5.66. The second-order valence-electron chi connectivity index (χ2n) is 8.98. The largest absolute Gasteiger partial charge is 0.212 e. The summed E-state index contributed by atoms with van der Waals surface area (Å²) >= 11 is 0. The average Bonchev–Trinajstić information content (AvgIpc) is 2.75. The molecule has 0 N–H and O–H groups in total. The van der Waals surface area contributed by atoms with Crippen LogP contribution in [0.15, 0.2) is 66.9 Å². The maximum absolute atomic E-state index is 2.47. The lowest BCUT2D eigenvalue weighted by molar-refractivity contribution is -0.659. The molecule has 3 aliphatic rings. The van der Waals surface area contributed by atoms with Crippen LogP contribution in [0.4, 0.5) is 0 Å². The van der Waals surface area contributed by atoms with Crippen molar-refractivity contribution in [2.24, 2.45) is 18.9 Å². The van der Waals surface area contributed by atoms with E-state index in [1.807, 2.05) is 0 Å². The second kappa shape index (κ2) is 7.20. The van der Waals surface area contributed by atoms with Crippen molar-refractivity contribution in [2.45, 2.75) is 44.9 Å². The van der Waals surface area contributed by atoms with Gasteiger partial charge in [0.1, 0.15) is 7.05 Å². The Morgan fingerprint density at radius 2 is 1.64 bits per heavy atom. The van der Waals surface area contributed by atoms with Gasteiger partial charge in [0, 0.05) is 17.2 Å². The molecule has 3 saturated carbocycles. The molecule has 0 saturated heterocycles. The Morgan fingerprint density at radius 3 is 2.36 bits per heavy atom. The van der Waals surface area contributed by atoms with Crippen molar-refractivity contribution in [1.82, 2.24) is 0 Å². The molecule has 0 radical (unpaired) electrons. The van der Waals surface area contributed by atoms with Gasteiger partial charge in [-0.1, -0.05) is 55.3 Å². The van der Waals surface area contributed by atoms with E-state index in [1.54, 1.807) is 5.56 Å². The fraction of sp³-hybridized carbons (Fsp3) is 0.370. The van der Waals surface area contributed by atoms with E-state index < -0.39 is 0 Å². The standard InChI is InChI=1S/C27H30N/c1-19-6-3-4-9-25(19)27-15-14-24(18-28(27)2)22-7-5-8-23(17-22)26-16-20-10-12-21(26)13-11-20/h3-9,14-15,17-18,20-21,26H,10-13,16H2,1-2H3/q+1. The van der Waals surface area contributed by atoms with E-state index in [9.17, 15) is 0 Å². The van der Waals surface area contributed by atoms with Crippen LogP contribution in [0.1, 0.15) is 49.1 Å². The van der Waals surface area contributed by atoms with Crippen LogP contribution in [0, 0.1) is 18.8 Å². The normalized spacial score (nSPS) is 23.7. The molecule has 0 aliphatic heterocycles. The highest BCUT2D eigenvalue weighted by Gasteiger charge is 2.36. The first-order valence-corrected chi connectivity index (χ1v) is 10.8. The predicted octanol–water partition coefficient (Wildman–Crippen LogP) is 6.45. The van der Waals surface area contributed by atoms with Gasteiger partial charge < -0.3 is 0 Å². The summed E-state index contributed by atoms with van der Waals surface area (Å²) in [5, 5.41) is 0. The average molecular weight is 369 g/mol. The van der Waals surface area contributed by atoms with Crippen molar-refractivity contribution >= 4 is 0 Å². The van der Waals surface area contributed by atoms with E-state index in [4.69, 9.17) is 0 Å². The number of nitrogens with zero attached hydrogens (tertiary/aromatic N) is 1. The molecule has 1 unspecified atom stereocenters. The molecule has 2 bridgehead atoms. The van der Waals surface area contributed by atoms with Crippen LogP contribution in [-0.4, -0.2) is 0 Å². The summed E-state index contributed by atoms with van der Waals surface area (Å²) in [6, 6.07) is 22.6. The van der Waals surface area contributed by atoms with Crippen molar-refractivity contribution in [3.05, 3.63) is 78.0 Å². The van der Waals surface area contributed by atoms with Gasteiger partial charge in [0.05, 0.1) is 0 Å². The van der Waals surface area contributed by atoms with Crippen molar-refractivity contribution < 1.29 is 4.57 Å². The first-order valence-electron chi connectivity index (χ1n) is 10.8. The third-order valence-electron chi connectivity index (χ3n) is 7.25. The summed E-state index contributed by atoms with van der Waals surface area (Å²) in [7, 11) is 2.16.